The fourth-order valence-electron chi connectivity index (χ4n) is 3.26. The Balaban J connectivity index is 1.38. The Labute approximate surface area is 146 Å². The molecule has 0 aliphatic carbocycles. The molecule has 0 atom stereocenters. The molecule has 0 bridgehead atoms. The van der Waals surface area contributed by atoms with Crippen molar-refractivity contribution in [2.75, 3.05) is 31.1 Å². The molecule has 25 heavy (non-hydrogen) atoms. The predicted octanol–water partition coefficient (Wildman–Crippen LogP) is 1.88. The van der Waals surface area contributed by atoms with Crippen LogP contribution in [0.25, 0.3) is 5.69 Å². The first kappa shape index (κ1) is 15.7. The van der Waals surface area contributed by atoms with Gasteiger partial charge in [-0.2, -0.15) is 5.10 Å². The average Bonchev–Trinajstić information content (AvgIpc) is 3.09. The first-order valence-electron chi connectivity index (χ1n) is 8.53. The number of nitrogens with one attached hydrogen (secondary N) is 1. The highest BCUT2D eigenvalue weighted by molar-refractivity contribution is 5.51. The van der Waals surface area contributed by atoms with Crippen molar-refractivity contribution in [3.05, 3.63) is 77.0 Å². The molecule has 4 rings (SSSR count). The third-order valence-corrected chi connectivity index (χ3v) is 4.67. The van der Waals surface area contributed by atoms with Crippen LogP contribution in [0.15, 0.2) is 65.7 Å². The molecule has 1 aliphatic heterocycles. The van der Waals surface area contributed by atoms with E-state index in [1.807, 2.05) is 12.1 Å². The summed E-state index contributed by atoms with van der Waals surface area (Å²) in [4.78, 5) is 16.5. The van der Waals surface area contributed by atoms with Gasteiger partial charge in [0.1, 0.15) is 6.33 Å². The molecule has 6 nitrogen and oxygen atoms in total. The van der Waals surface area contributed by atoms with Crippen molar-refractivity contribution in [2.24, 2.45) is 0 Å². The van der Waals surface area contributed by atoms with Crippen LogP contribution in [0.4, 0.5) is 5.69 Å². The minimum atomic E-state index is -0.220. The van der Waals surface area contributed by atoms with Crippen LogP contribution in [0.2, 0.25) is 0 Å². The van der Waals surface area contributed by atoms with Crippen molar-refractivity contribution in [2.45, 2.75) is 6.54 Å². The molecule has 0 radical (unpaired) electrons. The van der Waals surface area contributed by atoms with Crippen molar-refractivity contribution in [1.29, 1.82) is 0 Å². The number of aromatic amines is 1. The van der Waals surface area contributed by atoms with E-state index in [0.717, 1.165) is 38.4 Å². The van der Waals surface area contributed by atoms with Crippen molar-refractivity contribution in [3.63, 3.8) is 0 Å². The minimum absolute atomic E-state index is 0.220. The number of hydrogen-bond acceptors (Lipinski definition) is 4. The molecule has 6 heteroatoms. The summed E-state index contributed by atoms with van der Waals surface area (Å²) < 4.78 is 1.50. The normalized spacial score (nSPS) is 15.4. The second-order valence-corrected chi connectivity index (χ2v) is 6.30. The molecule has 2 heterocycles. The molecule has 3 aromatic rings. The minimum Gasteiger partial charge on any atom is -0.369 e. The molecule has 1 aromatic heterocycles. The molecule has 128 valence electrons. The van der Waals surface area contributed by atoms with E-state index < -0.39 is 0 Å². The molecule has 1 aliphatic rings. The lowest BCUT2D eigenvalue weighted by molar-refractivity contribution is 0.250. The van der Waals surface area contributed by atoms with Crippen molar-refractivity contribution in [3.8, 4) is 5.69 Å². The Morgan fingerprint density at radius 3 is 2.20 bits per heavy atom. The zero-order valence-electron chi connectivity index (χ0n) is 14.0. The third-order valence-electron chi connectivity index (χ3n) is 4.67. The topological polar surface area (TPSA) is 57.2 Å². The zero-order valence-corrected chi connectivity index (χ0v) is 14.0. The molecule has 0 amide bonds. The lowest BCUT2D eigenvalue weighted by Gasteiger charge is -2.36. The first-order chi connectivity index (χ1) is 12.3. The molecule has 1 saturated heterocycles. The molecule has 2 aromatic carbocycles. The molecular weight excluding hydrogens is 314 g/mol. The number of rotatable bonds is 4. The van der Waals surface area contributed by atoms with Gasteiger partial charge in [0.2, 0.25) is 0 Å². The summed E-state index contributed by atoms with van der Waals surface area (Å²) in [6, 6.07) is 18.7. The van der Waals surface area contributed by atoms with E-state index in [1.165, 1.54) is 22.1 Å². The molecular formula is C19H21N5O. The predicted molar refractivity (Wildman–Crippen MR) is 98.1 cm³/mol. The van der Waals surface area contributed by atoms with Gasteiger partial charge in [0.15, 0.2) is 0 Å². The highest BCUT2D eigenvalue weighted by Gasteiger charge is 2.17. The van der Waals surface area contributed by atoms with Crippen LogP contribution in [-0.4, -0.2) is 45.8 Å². The summed E-state index contributed by atoms with van der Waals surface area (Å²) in [7, 11) is 0. The van der Waals surface area contributed by atoms with Gasteiger partial charge in [-0.25, -0.2) is 14.5 Å². The number of hydrogen-bond donors (Lipinski definition) is 1. The van der Waals surface area contributed by atoms with Crippen LogP contribution in [0.3, 0.4) is 0 Å². The maximum atomic E-state index is 11.6. The standard InChI is InChI=1S/C19H21N5O/c25-19-21-20-15-24(19)18-8-6-17(7-9-18)23-12-10-22(11-13-23)14-16-4-2-1-3-5-16/h1-9,15H,10-14H2,(H,21,25). The Hall–Kier alpha value is -2.86. The smallest absolute Gasteiger partial charge is 0.347 e. The summed E-state index contributed by atoms with van der Waals surface area (Å²) in [5.74, 6) is 0. The van der Waals surface area contributed by atoms with E-state index in [-0.39, 0.29) is 5.69 Å². The largest absolute Gasteiger partial charge is 0.369 e. The summed E-state index contributed by atoms with van der Waals surface area (Å²) >= 11 is 0. The number of anilines is 1. The summed E-state index contributed by atoms with van der Waals surface area (Å²) in [5, 5.41) is 6.17. The quantitative estimate of drug-likeness (QED) is 0.791. The van der Waals surface area contributed by atoms with Crippen LogP contribution in [0.1, 0.15) is 5.56 Å². The van der Waals surface area contributed by atoms with Gasteiger partial charge in [-0.15, -0.1) is 0 Å². The van der Waals surface area contributed by atoms with Crippen molar-refractivity contribution in [1.82, 2.24) is 19.7 Å². The van der Waals surface area contributed by atoms with Crippen LogP contribution >= 0.6 is 0 Å². The summed E-state index contributed by atoms with van der Waals surface area (Å²) in [6.07, 6.45) is 1.50. The van der Waals surface area contributed by atoms with Crippen molar-refractivity contribution >= 4 is 5.69 Å². The summed E-state index contributed by atoms with van der Waals surface area (Å²) in [6.45, 7) is 5.14. The van der Waals surface area contributed by atoms with Gasteiger partial charge in [0.05, 0.1) is 5.69 Å². The van der Waals surface area contributed by atoms with Gasteiger partial charge in [-0.05, 0) is 29.8 Å². The Bertz CT molecular complexity index is 861. The molecule has 1 N–H and O–H groups in total. The highest BCUT2D eigenvalue weighted by atomic mass is 16.1. The van der Waals surface area contributed by atoms with Gasteiger partial charge in [0, 0.05) is 38.4 Å². The van der Waals surface area contributed by atoms with E-state index >= 15 is 0 Å². The number of aromatic nitrogens is 3. The zero-order chi connectivity index (χ0) is 17.1. The maximum Gasteiger partial charge on any atom is 0.347 e. The van der Waals surface area contributed by atoms with Gasteiger partial charge in [-0.3, -0.25) is 4.90 Å². The highest BCUT2D eigenvalue weighted by Crippen LogP contribution is 2.19. The van der Waals surface area contributed by atoms with Crippen LogP contribution < -0.4 is 10.6 Å². The van der Waals surface area contributed by atoms with Crippen LogP contribution in [0, 0.1) is 0 Å². The number of nitrogens with zero attached hydrogens (tertiary/aromatic N) is 4. The molecule has 0 saturated carbocycles. The van der Waals surface area contributed by atoms with Gasteiger partial charge < -0.3 is 4.90 Å². The maximum absolute atomic E-state index is 11.6. The van der Waals surface area contributed by atoms with Crippen molar-refractivity contribution < 1.29 is 0 Å². The van der Waals surface area contributed by atoms with Gasteiger partial charge in [0.25, 0.3) is 0 Å². The van der Waals surface area contributed by atoms with Crippen LogP contribution in [0.5, 0.6) is 0 Å². The van der Waals surface area contributed by atoms with E-state index in [4.69, 9.17) is 0 Å². The lowest BCUT2D eigenvalue weighted by Crippen LogP contribution is -2.45. The Kier molecular flexibility index (Phi) is 4.35. The fraction of sp³-hybridized carbons (Fsp3) is 0.263. The Morgan fingerprint density at radius 1 is 0.880 bits per heavy atom. The average molecular weight is 335 g/mol. The fourth-order valence-corrected chi connectivity index (χ4v) is 3.26. The third kappa shape index (κ3) is 3.49. The monoisotopic (exact) mass is 335 g/mol. The number of H-pyrrole nitrogens is 1. The lowest BCUT2D eigenvalue weighted by atomic mass is 10.2. The molecule has 0 spiro atoms. The number of benzene rings is 2. The first-order valence-corrected chi connectivity index (χ1v) is 8.53. The molecule has 1 fully saturated rings. The number of piperazine rings is 1. The molecule has 0 unspecified atom stereocenters. The van der Waals surface area contributed by atoms with E-state index in [9.17, 15) is 4.79 Å². The van der Waals surface area contributed by atoms with E-state index in [1.54, 1.807) is 0 Å². The van der Waals surface area contributed by atoms with Crippen LogP contribution in [-0.2, 0) is 6.54 Å². The SMILES string of the molecule is O=c1[nH]ncn1-c1ccc(N2CCN(Cc3ccccc3)CC2)cc1. The second kappa shape index (κ2) is 6.94. The Morgan fingerprint density at radius 2 is 1.56 bits per heavy atom. The van der Waals surface area contributed by atoms with Gasteiger partial charge >= 0.3 is 5.69 Å². The van der Waals surface area contributed by atoms with E-state index in [2.05, 4.69) is 62.5 Å². The summed E-state index contributed by atoms with van der Waals surface area (Å²) in [5.41, 5.74) is 3.16. The van der Waals surface area contributed by atoms with E-state index in [0.29, 0.717) is 0 Å². The van der Waals surface area contributed by atoms with Gasteiger partial charge in [-0.1, -0.05) is 30.3 Å². The second-order valence-electron chi connectivity index (χ2n) is 6.30.